The first-order valence-electron chi connectivity index (χ1n) is 5.44. The number of carbonyl (C=O) groups excluding carboxylic acids is 1. The Morgan fingerprint density at radius 2 is 2.13 bits per heavy atom. The average Bonchev–Trinajstić information content (AvgIpc) is 2.29. The molecule has 15 heavy (non-hydrogen) atoms. The van der Waals surface area contributed by atoms with E-state index < -0.39 is 0 Å². The maximum Gasteiger partial charge on any atom is 0.236 e. The van der Waals surface area contributed by atoms with E-state index in [0.717, 1.165) is 25.7 Å². The summed E-state index contributed by atoms with van der Waals surface area (Å²) in [6.07, 6.45) is 3.41. The summed E-state index contributed by atoms with van der Waals surface area (Å²) in [5, 5.41) is 8.84. The Bertz CT molecular complexity index is 203. The summed E-state index contributed by atoms with van der Waals surface area (Å²) in [6, 6.07) is 0. The molecule has 1 aliphatic carbocycles. The Labute approximate surface area is 89.9 Å². The molecule has 0 saturated heterocycles. The predicted octanol–water partition coefficient (Wildman–Crippen LogP) is -0.0675. The number of ether oxygens (including phenoxy) is 1. The van der Waals surface area contributed by atoms with Crippen molar-refractivity contribution in [1.29, 1.82) is 0 Å². The minimum Gasteiger partial charge on any atom is -0.394 e. The molecule has 0 aromatic rings. The highest BCUT2D eigenvalue weighted by Crippen LogP contribution is 2.26. The normalized spacial score (nSPS) is 28.5. The van der Waals surface area contributed by atoms with E-state index in [1.165, 1.54) is 0 Å². The highest BCUT2D eigenvalue weighted by Gasteiger charge is 2.26. The third kappa shape index (κ3) is 3.77. The molecule has 1 amide bonds. The minimum atomic E-state index is -0.116. The number of rotatable bonds is 4. The zero-order chi connectivity index (χ0) is 11.3. The molecule has 0 spiro atoms. The first-order valence-corrected chi connectivity index (χ1v) is 5.44. The summed E-state index contributed by atoms with van der Waals surface area (Å²) in [6.45, 7) is 1.89. The van der Waals surface area contributed by atoms with Gasteiger partial charge >= 0.3 is 0 Å². The first-order chi connectivity index (χ1) is 7.17. The molecular formula is C10H20N2O3. The standard InChI is InChI=1S/C10H20N2O3/c1-7(6-13)15-9-4-2-8(3-5-9)10(14)12-11/h7-9,13H,2-6,11H2,1H3,(H,12,14). The third-order valence-corrected chi connectivity index (χ3v) is 2.87. The summed E-state index contributed by atoms with van der Waals surface area (Å²) in [5.74, 6) is 5.02. The molecule has 88 valence electrons. The molecule has 1 rings (SSSR count). The lowest BCUT2D eigenvalue weighted by atomic mass is 9.87. The maximum absolute atomic E-state index is 11.2. The molecule has 1 aliphatic rings. The molecule has 0 radical (unpaired) electrons. The van der Waals surface area contributed by atoms with Crippen molar-refractivity contribution in [3.8, 4) is 0 Å². The number of amides is 1. The third-order valence-electron chi connectivity index (χ3n) is 2.87. The van der Waals surface area contributed by atoms with Crippen LogP contribution in [-0.2, 0) is 9.53 Å². The van der Waals surface area contributed by atoms with Gasteiger partial charge in [0.2, 0.25) is 5.91 Å². The van der Waals surface area contributed by atoms with E-state index in [4.69, 9.17) is 15.7 Å². The Kier molecular flexibility index (Phi) is 5.01. The number of aliphatic hydroxyl groups is 1. The Morgan fingerprint density at radius 3 is 2.60 bits per heavy atom. The molecule has 1 fully saturated rings. The van der Waals surface area contributed by atoms with Gasteiger partial charge in [-0.15, -0.1) is 0 Å². The molecule has 1 saturated carbocycles. The number of nitrogens with two attached hydrogens (primary N) is 1. The Hall–Kier alpha value is -0.650. The van der Waals surface area contributed by atoms with Crippen LogP contribution >= 0.6 is 0 Å². The van der Waals surface area contributed by atoms with Crippen LogP contribution in [-0.4, -0.2) is 29.8 Å². The van der Waals surface area contributed by atoms with Crippen LogP contribution in [0.3, 0.4) is 0 Å². The van der Waals surface area contributed by atoms with Crippen molar-refractivity contribution in [2.24, 2.45) is 11.8 Å². The van der Waals surface area contributed by atoms with Crippen LogP contribution in [0.15, 0.2) is 0 Å². The van der Waals surface area contributed by atoms with Gasteiger partial charge in [0.25, 0.3) is 0 Å². The lowest BCUT2D eigenvalue weighted by Gasteiger charge is -2.29. The summed E-state index contributed by atoms with van der Waals surface area (Å²) in [7, 11) is 0. The second-order valence-electron chi connectivity index (χ2n) is 4.11. The van der Waals surface area contributed by atoms with Crippen molar-refractivity contribution in [2.75, 3.05) is 6.61 Å². The van der Waals surface area contributed by atoms with Gasteiger partial charge < -0.3 is 9.84 Å². The molecule has 5 nitrogen and oxygen atoms in total. The van der Waals surface area contributed by atoms with E-state index >= 15 is 0 Å². The van der Waals surface area contributed by atoms with Gasteiger partial charge in [-0.05, 0) is 32.6 Å². The fraction of sp³-hybridized carbons (Fsp3) is 0.900. The van der Waals surface area contributed by atoms with E-state index in [9.17, 15) is 4.79 Å². The quantitative estimate of drug-likeness (QED) is 0.349. The second-order valence-corrected chi connectivity index (χ2v) is 4.11. The van der Waals surface area contributed by atoms with Gasteiger partial charge in [-0.25, -0.2) is 5.84 Å². The van der Waals surface area contributed by atoms with Crippen LogP contribution in [0.4, 0.5) is 0 Å². The molecule has 1 unspecified atom stereocenters. The van der Waals surface area contributed by atoms with Crippen molar-refractivity contribution in [3.63, 3.8) is 0 Å². The second kappa shape index (κ2) is 6.05. The molecule has 0 aliphatic heterocycles. The van der Waals surface area contributed by atoms with E-state index in [1.54, 1.807) is 0 Å². The molecule has 0 aromatic carbocycles. The molecule has 0 aromatic heterocycles. The van der Waals surface area contributed by atoms with Crippen LogP contribution in [0.2, 0.25) is 0 Å². The van der Waals surface area contributed by atoms with Gasteiger partial charge in [0, 0.05) is 5.92 Å². The monoisotopic (exact) mass is 216 g/mol. The average molecular weight is 216 g/mol. The van der Waals surface area contributed by atoms with Gasteiger partial charge in [0.15, 0.2) is 0 Å². The first kappa shape index (κ1) is 12.4. The SMILES string of the molecule is CC(CO)OC1CCC(C(=O)NN)CC1. The van der Waals surface area contributed by atoms with Crippen molar-refractivity contribution in [2.45, 2.75) is 44.8 Å². The number of nitrogens with one attached hydrogen (secondary N) is 1. The fourth-order valence-corrected chi connectivity index (χ4v) is 1.95. The Balaban J connectivity index is 2.26. The van der Waals surface area contributed by atoms with Crippen LogP contribution in [0.25, 0.3) is 0 Å². The van der Waals surface area contributed by atoms with Crippen molar-refractivity contribution >= 4 is 5.91 Å². The van der Waals surface area contributed by atoms with Crippen molar-refractivity contribution < 1.29 is 14.6 Å². The predicted molar refractivity (Wildman–Crippen MR) is 55.7 cm³/mol. The number of hydrogen-bond donors (Lipinski definition) is 3. The van der Waals surface area contributed by atoms with Crippen LogP contribution in [0.1, 0.15) is 32.6 Å². The number of aliphatic hydroxyl groups excluding tert-OH is 1. The Morgan fingerprint density at radius 1 is 1.53 bits per heavy atom. The minimum absolute atomic E-state index is 0.0271. The smallest absolute Gasteiger partial charge is 0.236 e. The van der Waals surface area contributed by atoms with E-state index in [0.29, 0.717) is 0 Å². The summed E-state index contributed by atoms with van der Waals surface area (Å²) >= 11 is 0. The number of hydrogen-bond acceptors (Lipinski definition) is 4. The molecule has 1 atom stereocenters. The molecule has 0 bridgehead atoms. The summed E-state index contributed by atoms with van der Waals surface area (Å²) in [5.41, 5.74) is 2.18. The highest BCUT2D eigenvalue weighted by molar-refractivity contribution is 5.77. The molecule has 5 heteroatoms. The van der Waals surface area contributed by atoms with Gasteiger partial charge in [-0.1, -0.05) is 0 Å². The zero-order valence-corrected chi connectivity index (χ0v) is 9.11. The largest absolute Gasteiger partial charge is 0.394 e. The van der Waals surface area contributed by atoms with Crippen LogP contribution in [0.5, 0.6) is 0 Å². The molecule has 0 heterocycles. The van der Waals surface area contributed by atoms with Gasteiger partial charge in [0.05, 0.1) is 18.8 Å². The van der Waals surface area contributed by atoms with Gasteiger partial charge in [-0.3, -0.25) is 10.2 Å². The summed E-state index contributed by atoms with van der Waals surface area (Å²) < 4.78 is 5.59. The van der Waals surface area contributed by atoms with Gasteiger partial charge in [0.1, 0.15) is 0 Å². The summed E-state index contributed by atoms with van der Waals surface area (Å²) in [4.78, 5) is 11.2. The van der Waals surface area contributed by atoms with Gasteiger partial charge in [-0.2, -0.15) is 0 Å². The highest BCUT2D eigenvalue weighted by atomic mass is 16.5. The zero-order valence-electron chi connectivity index (χ0n) is 9.11. The lowest BCUT2D eigenvalue weighted by molar-refractivity contribution is -0.127. The number of hydrazine groups is 1. The van der Waals surface area contributed by atoms with Crippen molar-refractivity contribution in [1.82, 2.24) is 5.43 Å². The lowest BCUT2D eigenvalue weighted by Crippen LogP contribution is -2.39. The van der Waals surface area contributed by atoms with E-state index in [-0.39, 0.29) is 30.6 Å². The van der Waals surface area contributed by atoms with Crippen molar-refractivity contribution in [3.05, 3.63) is 0 Å². The fourth-order valence-electron chi connectivity index (χ4n) is 1.95. The topological polar surface area (TPSA) is 84.6 Å². The van der Waals surface area contributed by atoms with E-state index in [2.05, 4.69) is 5.43 Å². The van der Waals surface area contributed by atoms with Crippen LogP contribution in [0, 0.1) is 5.92 Å². The van der Waals surface area contributed by atoms with Crippen LogP contribution < -0.4 is 11.3 Å². The molecular weight excluding hydrogens is 196 g/mol. The van der Waals surface area contributed by atoms with E-state index in [1.807, 2.05) is 6.92 Å². The number of carbonyl (C=O) groups is 1. The molecule has 4 N–H and O–H groups in total. The maximum atomic E-state index is 11.2.